The first-order valence-corrected chi connectivity index (χ1v) is 15.0. The van der Waals surface area contributed by atoms with E-state index in [2.05, 4.69) is 27.3 Å². The summed E-state index contributed by atoms with van der Waals surface area (Å²) in [4.78, 5) is 19.2. The molecule has 0 radical (unpaired) electrons. The van der Waals surface area contributed by atoms with E-state index in [9.17, 15) is 20.2 Å². The van der Waals surface area contributed by atoms with Gasteiger partial charge in [0.15, 0.2) is 17.4 Å². The number of nitrogens with zero attached hydrogens (tertiary/aromatic N) is 7. The van der Waals surface area contributed by atoms with Crippen molar-refractivity contribution in [1.82, 2.24) is 29.8 Å². The number of H-pyrrole nitrogens is 1. The highest BCUT2D eigenvalue weighted by atomic mass is 16.8. The number of nitrogen functional groups attached to an aromatic ring is 1. The third-order valence-electron chi connectivity index (χ3n) is 6.60. The van der Waals surface area contributed by atoms with Gasteiger partial charge in [-0.1, -0.05) is 12.0 Å². The average Bonchev–Trinajstić information content (AvgIpc) is 3.82. The summed E-state index contributed by atoms with van der Waals surface area (Å²) in [5, 5.41) is 33.7. The monoisotopic (exact) mass is 669 g/mol. The van der Waals surface area contributed by atoms with E-state index in [1.165, 1.54) is 23.0 Å². The van der Waals surface area contributed by atoms with E-state index in [0.717, 1.165) is 13.0 Å². The van der Waals surface area contributed by atoms with E-state index in [0.29, 0.717) is 38.2 Å². The molecular weight excluding hydrogens is 622 g/mol. The molecule has 6 heterocycles. The van der Waals surface area contributed by atoms with Gasteiger partial charge in [0.25, 0.3) is 0 Å². The molecule has 0 amide bonds. The lowest BCUT2D eigenvalue weighted by atomic mass is 10.3. The predicted octanol–water partition coefficient (Wildman–Crippen LogP) is 3.67. The first-order chi connectivity index (χ1) is 22.0. The van der Waals surface area contributed by atoms with Gasteiger partial charge in [0.05, 0.1) is 68.6 Å². The van der Waals surface area contributed by atoms with Crippen molar-refractivity contribution in [3.8, 4) is 0 Å². The van der Waals surface area contributed by atoms with Crippen molar-refractivity contribution in [3.05, 3.63) is 57.0 Å². The van der Waals surface area contributed by atoms with Gasteiger partial charge in [-0.15, -0.1) is 5.10 Å². The van der Waals surface area contributed by atoms with Crippen molar-refractivity contribution in [2.75, 3.05) is 25.6 Å². The second kappa shape index (κ2) is 16.2. The molecule has 3 aliphatic heterocycles. The molecule has 3 atom stereocenters. The predicted molar refractivity (Wildman–Crippen MR) is 168 cm³/mol. The van der Waals surface area contributed by atoms with Crippen LogP contribution in [0, 0.1) is 20.2 Å². The summed E-state index contributed by atoms with van der Waals surface area (Å²) in [6, 6.07) is 4.42. The topological polar surface area (TPSA) is 232 Å². The number of nitro groups is 2. The van der Waals surface area contributed by atoms with Gasteiger partial charge in [-0.25, -0.2) is 0 Å². The van der Waals surface area contributed by atoms with E-state index in [4.69, 9.17) is 34.2 Å². The third kappa shape index (κ3) is 13.0. The van der Waals surface area contributed by atoms with Crippen molar-refractivity contribution in [2.24, 2.45) is 0 Å². The second-order valence-electron chi connectivity index (χ2n) is 12.1. The Morgan fingerprint density at radius 2 is 1.32 bits per heavy atom. The Morgan fingerprint density at radius 1 is 0.830 bits per heavy atom. The summed E-state index contributed by atoms with van der Waals surface area (Å²) in [6.45, 7) is 16.4. The molecule has 0 saturated carbocycles. The van der Waals surface area contributed by atoms with Gasteiger partial charge >= 0.3 is 11.6 Å². The smallest absolute Gasteiger partial charge is 0.382 e. The summed E-state index contributed by atoms with van der Waals surface area (Å²) in [7, 11) is 0. The molecule has 47 heavy (non-hydrogen) atoms. The minimum absolute atomic E-state index is 0. The number of aromatic amines is 1. The Hall–Kier alpha value is -4.01. The number of nitrogens with two attached hydrogens (primary N) is 1. The molecule has 6 rings (SSSR count). The van der Waals surface area contributed by atoms with Crippen molar-refractivity contribution >= 4 is 17.5 Å². The number of rotatable bonds is 7. The number of nitrogens with one attached hydrogen (secondary N) is 1. The Kier molecular flexibility index (Phi) is 12.9. The maximum Gasteiger partial charge on any atom is 0.389 e. The first-order valence-electron chi connectivity index (χ1n) is 15.0. The lowest BCUT2D eigenvalue weighted by molar-refractivity contribution is -0.389. The average molecular weight is 670 g/mol. The van der Waals surface area contributed by atoms with Crippen LogP contribution in [0.2, 0.25) is 0 Å². The van der Waals surface area contributed by atoms with Crippen LogP contribution in [-0.4, -0.2) is 95.1 Å². The summed E-state index contributed by atoms with van der Waals surface area (Å²) < 4.78 is 36.1. The largest absolute Gasteiger partial charge is 0.389 e. The van der Waals surface area contributed by atoms with Crippen LogP contribution >= 0.6 is 0 Å². The van der Waals surface area contributed by atoms with Crippen LogP contribution in [0.15, 0.2) is 36.8 Å². The molecule has 3 N–H and O–H groups in total. The van der Waals surface area contributed by atoms with Gasteiger partial charge in [0.2, 0.25) is 0 Å². The number of aromatic nitrogens is 6. The molecule has 3 aromatic rings. The van der Waals surface area contributed by atoms with E-state index in [-0.39, 0.29) is 31.1 Å². The van der Waals surface area contributed by atoms with Crippen LogP contribution in [0.1, 0.15) is 56.3 Å². The minimum atomic E-state index is -0.580. The second-order valence-corrected chi connectivity index (χ2v) is 12.1. The molecule has 0 spiro atoms. The molecule has 0 bridgehead atoms. The summed E-state index contributed by atoms with van der Waals surface area (Å²) in [5.41, 5.74) is 5.50. The van der Waals surface area contributed by atoms with E-state index in [1.807, 2.05) is 47.7 Å². The maximum atomic E-state index is 10.4. The fourth-order valence-electron chi connectivity index (χ4n) is 4.47. The Labute approximate surface area is 273 Å². The fourth-order valence-corrected chi connectivity index (χ4v) is 4.47. The summed E-state index contributed by atoms with van der Waals surface area (Å²) in [6.07, 6.45) is 6.04. The maximum absolute atomic E-state index is 10.4. The van der Waals surface area contributed by atoms with Crippen molar-refractivity contribution in [2.45, 2.75) is 104 Å². The van der Waals surface area contributed by atoms with Gasteiger partial charge in [0, 0.05) is 7.62 Å². The first kappa shape index (κ1) is 37.4. The molecule has 19 nitrogen and oxygen atoms in total. The van der Waals surface area contributed by atoms with Crippen LogP contribution in [0.4, 0.5) is 17.5 Å². The quantitative estimate of drug-likeness (QED) is 0.270. The molecular formula is C28H47N9O10. The Balaban J connectivity index is 0.000000229. The van der Waals surface area contributed by atoms with Crippen LogP contribution < -0.4 is 5.73 Å². The number of anilines is 1. The highest BCUT2D eigenvalue weighted by molar-refractivity contribution is 5.23. The number of hydrogen-bond acceptors (Lipinski definition) is 14. The van der Waals surface area contributed by atoms with Crippen molar-refractivity contribution in [1.29, 1.82) is 0 Å². The van der Waals surface area contributed by atoms with Crippen molar-refractivity contribution < 1.29 is 39.7 Å². The summed E-state index contributed by atoms with van der Waals surface area (Å²) in [5.74, 6) is -1.08. The molecule has 0 aromatic carbocycles. The third-order valence-corrected chi connectivity index (χ3v) is 6.60. The van der Waals surface area contributed by atoms with Crippen LogP contribution in [0.3, 0.4) is 0 Å². The van der Waals surface area contributed by atoms with E-state index < -0.39 is 21.4 Å². The Morgan fingerprint density at radius 3 is 1.62 bits per heavy atom. The molecule has 3 fully saturated rings. The SMILES string of the molecule is CC1(C)OC[C@@H](Cn2ccc(N)n2)O1.CC1(C)OC[C@@H](Cn2ccc([N+](=O)[O-])n2)O1.CC[C@@H]1COC(C)(C)O1.O=[N+]([O-])c1ccn[nH]1.[HH]. The van der Waals surface area contributed by atoms with Crippen LogP contribution in [0.25, 0.3) is 0 Å². The van der Waals surface area contributed by atoms with E-state index in [1.54, 1.807) is 16.9 Å². The minimum Gasteiger partial charge on any atom is -0.382 e. The molecule has 19 heteroatoms. The van der Waals surface area contributed by atoms with Gasteiger partial charge in [-0.2, -0.15) is 9.78 Å². The molecule has 0 unspecified atom stereocenters. The van der Waals surface area contributed by atoms with Gasteiger partial charge in [-0.05, 0) is 63.9 Å². The fraction of sp³-hybridized carbons (Fsp3) is 0.679. The van der Waals surface area contributed by atoms with Gasteiger partial charge < -0.3 is 54.4 Å². The zero-order valence-corrected chi connectivity index (χ0v) is 27.7. The van der Waals surface area contributed by atoms with Crippen molar-refractivity contribution in [3.63, 3.8) is 0 Å². The molecule has 264 valence electrons. The van der Waals surface area contributed by atoms with Gasteiger partial charge in [-0.3, -0.25) is 4.68 Å². The van der Waals surface area contributed by atoms with Crippen LogP contribution in [0.5, 0.6) is 0 Å². The van der Waals surface area contributed by atoms with E-state index >= 15 is 0 Å². The lowest BCUT2D eigenvalue weighted by Gasteiger charge is -2.16. The highest BCUT2D eigenvalue weighted by Gasteiger charge is 2.34. The molecule has 0 aliphatic carbocycles. The standard InChI is InChI=1S/C9H13N3O4.C9H15N3O2.C7H14O2.C3H3N3O2.H2/c1-9(2)15-6-7(16-9)5-11-4-3-8(10-11)12(13)14;1-9(2)13-6-7(14-9)5-12-4-3-8(10)11-12;1-4-6-5-8-7(2,3)9-6;7-6(8)3-1-2-4-5-3;/h3-4,7H,5-6H2,1-2H3;3-4,7H,5-6H2,1-2H3,(H2,10,11);6H,4-5H2,1-3H3;1-2H,(H,4,5);1H/t2*7-;6-;;/m111../s1. The molecule has 3 aliphatic rings. The zero-order chi connectivity index (χ0) is 34.8. The number of hydrogen-bond donors (Lipinski definition) is 2. The van der Waals surface area contributed by atoms with Gasteiger partial charge in [0.1, 0.15) is 18.0 Å². The zero-order valence-electron chi connectivity index (χ0n) is 27.7. The number of ether oxygens (including phenoxy) is 6. The Bertz CT molecular complexity index is 1410. The summed E-state index contributed by atoms with van der Waals surface area (Å²) >= 11 is 0. The normalized spacial score (nSPS) is 23.4. The lowest BCUT2D eigenvalue weighted by Crippen LogP contribution is -2.24. The van der Waals surface area contributed by atoms with Crippen LogP contribution in [-0.2, 0) is 41.5 Å². The molecule has 3 saturated heterocycles. The molecule has 3 aromatic heterocycles. The highest BCUT2D eigenvalue weighted by Crippen LogP contribution is 2.25.